The average molecular weight is 469 g/mol. The first kappa shape index (κ1) is 23.3. The maximum Gasteiger partial charge on any atom is 0.416 e. The second-order valence-corrected chi connectivity index (χ2v) is 8.90. The van der Waals surface area contributed by atoms with Gasteiger partial charge in [-0.15, -0.1) is 0 Å². The molecule has 0 amide bonds. The van der Waals surface area contributed by atoms with Crippen LogP contribution in [0.5, 0.6) is 0 Å². The second kappa shape index (κ2) is 8.29. The van der Waals surface area contributed by atoms with E-state index in [1.54, 1.807) is 0 Å². The molecular weight excluding hydrogens is 455 g/mol. The van der Waals surface area contributed by atoms with Crippen LogP contribution in [0.3, 0.4) is 0 Å². The van der Waals surface area contributed by atoms with Crippen molar-refractivity contribution in [1.29, 1.82) is 0 Å². The molecule has 0 aromatic heterocycles. The Kier molecular flexibility index (Phi) is 6.23. The van der Waals surface area contributed by atoms with E-state index in [9.17, 15) is 39.5 Å². The van der Waals surface area contributed by atoms with E-state index in [2.05, 4.69) is 0 Å². The van der Waals surface area contributed by atoms with Crippen LogP contribution in [0.4, 0.5) is 39.5 Å². The van der Waals surface area contributed by atoms with Crippen LogP contribution in [0, 0.1) is 0 Å². The summed E-state index contributed by atoms with van der Waals surface area (Å²) in [6.07, 6.45) is -10.6. The van der Waals surface area contributed by atoms with Gasteiger partial charge in [-0.1, -0.05) is 6.08 Å². The molecule has 0 aliphatic heterocycles. The van der Waals surface area contributed by atoms with E-state index in [0.29, 0.717) is 9.79 Å². The number of allylic oxidation sites excluding steroid dienone is 3. The predicted molar refractivity (Wildman–Crippen MR) is 98.5 cm³/mol. The number of rotatable bonds is 3. The molecule has 31 heavy (non-hydrogen) atoms. The molecule has 1 aliphatic rings. The van der Waals surface area contributed by atoms with Crippen molar-refractivity contribution >= 4 is 10.9 Å². The molecule has 2 aromatic carbocycles. The third kappa shape index (κ3) is 5.47. The molecule has 1 atom stereocenters. The summed E-state index contributed by atoms with van der Waals surface area (Å²) >= 11 is 0. The van der Waals surface area contributed by atoms with Gasteiger partial charge in [0, 0.05) is 6.42 Å². The van der Waals surface area contributed by atoms with Crippen LogP contribution < -0.4 is 0 Å². The van der Waals surface area contributed by atoms with Crippen molar-refractivity contribution in [3.63, 3.8) is 0 Å². The topological polar surface area (TPSA) is 0 Å². The Hall–Kier alpha value is -2.36. The van der Waals surface area contributed by atoms with Crippen molar-refractivity contribution in [1.82, 2.24) is 0 Å². The minimum absolute atomic E-state index is 0.0590. The highest BCUT2D eigenvalue weighted by Gasteiger charge is 2.40. The van der Waals surface area contributed by atoms with Crippen LogP contribution in [0.25, 0.3) is 0 Å². The van der Waals surface area contributed by atoms with E-state index in [0.717, 1.165) is 36.4 Å². The summed E-state index contributed by atoms with van der Waals surface area (Å²) in [6.45, 7) is 0. The normalized spacial score (nSPS) is 17.7. The SMILES string of the molecule is FC(F)(F)C1=CCC([S+](c2ccc(C(F)(F)F)cc2)c2ccc(C(F)(F)F)cc2)C=C1. The molecule has 10 heteroatoms. The molecule has 0 N–H and O–H groups in total. The lowest BCUT2D eigenvalue weighted by atomic mass is 10.1. The molecule has 0 spiro atoms. The molecule has 2 aromatic rings. The lowest BCUT2D eigenvalue weighted by Crippen LogP contribution is -2.24. The van der Waals surface area contributed by atoms with E-state index < -0.39 is 51.4 Å². The Morgan fingerprint density at radius 1 is 0.613 bits per heavy atom. The number of hydrogen-bond donors (Lipinski definition) is 0. The van der Waals surface area contributed by atoms with E-state index in [-0.39, 0.29) is 6.42 Å². The summed E-state index contributed by atoms with van der Waals surface area (Å²) in [5.41, 5.74) is -2.64. The molecule has 1 aliphatic carbocycles. The van der Waals surface area contributed by atoms with Crippen molar-refractivity contribution in [3.8, 4) is 0 Å². The molecule has 0 saturated carbocycles. The first-order valence-corrected chi connectivity index (χ1v) is 10.1. The van der Waals surface area contributed by atoms with E-state index in [4.69, 9.17) is 0 Å². The molecule has 0 heterocycles. The molecule has 3 rings (SSSR count). The van der Waals surface area contributed by atoms with Crippen molar-refractivity contribution in [2.45, 2.75) is 40.0 Å². The molecule has 0 fully saturated rings. The molecule has 1 unspecified atom stereocenters. The van der Waals surface area contributed by atoms with Gasteiger partial charge in [-0.3, -0.25) is 0 Å². The zero-order valence-corrected chi connectivity index (χ0v) is 16.3. The summed E-state index contributed by atoms with van der Waals surface area (Å²) < 4.78 is 116. The molecular formula is C21H14F9S+. The Balaban J connectivity index is 1.99. The fourth-order valence-corrected chi connectivity index (χ4v) is 5.41. The maximum atomic E-state index is 12.9. The second-order valence-electron chi connectivity index (χ2n) is 6.67. The molecule has 0 saturated heterocycles. The smallest absolute Gasteiger partial charge is 0.166 e. The van der Waals surface area contributed by atoms with Crippen LogP contribution >= 0.6 is 0 Å². The molecule has 0 nitrogen and oxygen atoms in total. The van der Waals surface area contributed by atoms with Crippen molar-refractivity contribution in [2.24, 2.45) is 0 Å². The van der Waals surface area contributed by atoms with Crippen LogP contribution in [-0.4, -0.2) is 11.4 Å². The van der Waals surface area contributed by atoms with Gasteiger partial charge < -0.3 is 0 Å². The minimum atomic E-state index is -4.57. The summed E-state index contributed by atoms with van der Waals surface area (Å²) in [5.74, 6) is 0. The Morgan fingerprint density at radius 2 is 1.03 bits per heavy atom. The first-order chi connectivity index (χ1) is 14.3. The zero-order chi connectivity index (χ0) is 23.0. The highest BCUT2D eigenvalue weighted by Crippen LogP contribution is 2.38. The average Bonchev–Trinajstić information content (AvgIpc) is 2.67. The number of benzene rings is 2. The Labute approximate surface area is 174 Å². The van der Waals surface area contributed by atoms with Gasteiger partial charge in [0.25, 0.3) is 0 Å². The van der Waals surface area contributed by atoms with Gasteiger partial charge in [-0.05, 0) is 60.7 Å². The number of halogens is 9. The summed E-state index contributed by atoms with van der Waals surface area (Å²) in [4.78, 5) is 0.762. The monoisotopic (exact) mass is 469 g/mol. The summed E-state index contributed by atoms with van der Waals surface area (Å²) in [7, 11) is -1.08. The van der Waals surface area contributed by atoms with Gasteiger partial charge in [0.1, 0.15) is 0 Å². The fraction of sp³-hybridized carbons (Fsp3) is 0.238. The first-order valence-electron chi connectivity index (χ1n) is 8.80. The number of alkyl halides is 9. The van der Waals surface area contributed by atoms with Crippen LogP contribution in [0.2, 0.25) is 0 Å². The lowest BCUT2D eigenvalue weighted by molar-refractivity contribution is -0.138. The molecule has 0 bridgehead atoms. The highest BCUT2D eigenvalue weighted by atomic mass is 32.2. The van der Waals surface area contributed by atoms with Crippen LogP contribution in [0.1, 0.15) is 17.5 Å². The Bertz CT molecular complexity index is 905. The Morgan fingerprint density at radius 3 is 1.32 bits per heavy atom. The molecule has 166 valence electrons. The zero-order valence-electron chi connectivity index (χ0n) is 15.4. The third-order valence-corrected chi connectivity index (χ3v) is 7.08. The van der Waals surface area contributed by atoms with Crippen LogP contribution in [0.15, 0.2) is 82.1 Å². The van der Waals surface area contributed by atoms with Crippen molar-refractivity contribution in [3.05, 3.63) is 83.5 Å². The minimum Gasteiger partial charge on any atom is -0.166 e. The summed E-state index contributed by atoms with van der Waals surface area (Å²) in [5, 5.41) is -0.556. The predicted octanol–water partition coefficient (Wildman–Crippen LogP) is 7.58. The third-order valence-electron chi connectivity index (χ3n) is 4.56. The highest BCUT2D eigenvalue weighted by molar-refractivity contribution is 7.97. The fourth-order valence-electron chi connectivity index (χ4n) is 3.05. The maximum absolute atomic E-state index is 12.9. The van der Waals surface area contributed by atoms with E-state index in [1.165, 1.54) is 30.3 Å². The van der Waals surface area contributed by atoms with Crippen molar-refractivity contribution < 1.29 is 39.5 Å². The van der Waals surface area contributed by atoms with E-state index >= 15 is 0 Å². The standard InChI is InChI=1S/C21H14F9S/c22-19(23,24)13-1-7-16(8-2-13)31(17-9-3-14(4-10-17)20(25,26)27)18-11-5-15(6-12-18)21(28,29)30/h1-11,18H,12H2/q+1. The van der Waals surface area contributed by atoms with E-state index in [1.807, 2.05) is 0 Å². The van der Waals surface area contributed by atoms with Crippen molar-refractivity contribution in [2.75, 3.05) is 0 Å². The summed E-state index contributed by atoms with van der Waals surface area (Å²) in [6, 6.07) is 8.24. The van der Waals surface area contributed by atoms with Gasteiger partial charge in [0.05, 0.1) is 27.6 Å². The van der Waals surface area contributed by atoms with Gasteiger partial charge in [-0.2, -0.15) is 39.5 Å². The molecule has 0 radical (unpaired) electrons. The number of hydrogen-bond acceptors (Lipinski definition) is 0. The van der Waals surface area contributed by atoms with Gasteiger partial charge >= 0.3 is 18.5 Å². The lowest BCUT2D eigenvalue weighted by Gasteiger charge is -2.20. The van der Waals surface area contributed by atoms with Gasteiger partial charge in [-0.25, -0.2) is 0 Å². The van der Waals surface area contributed by atoms with Gasteiger partial charge in [0.15, 0.2) is 15.0 Å². The largest absolute Gasteiger partial charge is 0.416 e. The quantitative estimate of drug-likeness (QED) is 0.321. The van der Waals surface area contributed by atoms with Crippen LogP contribution in [-0.2, 0) is 23.2 Å². The van der Waals surface area contributed by atoms with Gasteiger partial charge in [0.2, 0.25) is 0 Å².